The molecule has 0 bridgehead atoms. The van der Waals surface area contributed by atoms with Crippen LogP contribution in [0.15, 0.2) is 34.9 Å². The highest BCUT2D eigenvalue weighted by molar-refractivity contribution is 14.1. The van der Waals surface area contributed by atoms with Gasteiger partial charge in [0, 0.05) is 10.7 Å². The second-order valence-corrected chi connectivity index (χ2v) is 6.11. The Morgan fingerprint density at radius 1 is 1.47 bits per heavy atom. The van der Waals surface area contributed by atoms with E-state index in [2.05, 4.69) is 49.7 Å². The van der Waals surface area contributed by atoms with Gasteiger partial charge in [-0.3, -0.25) is 4.68 Å². The third-order valence-electron chi connectivity index (χ3n) is 2.88. The van der Waals surface area contributed by atoms with Gasteiger partial charge in [0.1, 0.15) is 0 Å². The first-order chi connectivity index (χ1) is 9.15. The lowest BCUT2D eigenvalue weighted by atomic mass is 10.0. The van der Waals surface area contributed by atoms with Crippen molar-refractivity contribution < 1.29 is 4.74 Å². The molecule has 1 aromatic carbocycles. The molecule has 0 aliphatic rings. The molecular weight excluding hydrogens is 421 g/mol. The lowest BCUT2D eigenvalue weighted by Gasteiger charge is -2.16. The number of ether oxygens (including phenoxy) is 1. The Bertz CT molecular complexity index is 559. The van der Waals surface area contributed by atoms with E-state index in [1.807, 2.05) is 22.9 Å². The van der Waals surface area contributed by atoms with Crippen molar-refractivity contribution in [1.29, 1.82) is 0 Å². The van der Waals surface area contributed by atoms with Crippen LogP contribution in [0.1, 0.15) is 17.3 Å². The van der Waals surface area contributed by atoms with Crippen molar-refractivity contribution in [2.24, 2.45) is 5.73 Å². The van der Waals surface area contributed by atoms with Crippen LogP contribution >= 0.6 is 38.5 Å². The van der Waals surface area contributed by atoms with Crippen LogP contribution in [-0.2, 0) is 11.3 Å². The molecule has 19 heavy (non-hydrogen) atoms. The smallest absolute Gasteiger partial charge is 0.0745 e. The SMILES string of the molecule is COCCn1ncc(Br)c1C(N)c1ccccc1I. The fourth-order valence-corrected chi connectivity index (χ4v) is 3.18. The van der Waals surface area contributed by atoms with Gasteiger partial charge >= 0.3 is 0 Å². The van der Waals surface area contributed by atoms with Gasteiger partial charge in [-0.15, -0.1) is 0 Å². The average molecular weight is 436 g/mol. The van der Waals surface area contributed by atoms with Crippen molar-refractivity contribution in [3.05, 3.63) is 49.8 Å². The summed E-state index contributed by atoms with van der Waals surface area (Å²) in [5.41, 5.74) is 8.47. The Morgan fingerprint density at radius 2 is 2.21 bits per heavy atom. The standard InChI is InChI=1S/C13H15BrIN3O/c1-19-7-6-18-13(10(14)8-17-18)12(16)9-4-2-3-5-11(9)15/h2-5,8,12H,6-7,16H2,1H3. The van der Waals surface area contributed by atoms with Crippen molar-refractivity contribution in [2.45, 2.75) is 12.6 Å². The zero-order valence-electron chi connectivity index (χ0n) is 10.5. The van der Waals surface area contributed by atoms with Gasteiger partial charge < -0.3 is 10.5 Å². The molecule has 1 heterocycles. The van der Waals surface area contributed by atoms with Gasteiger partial charge in [0.25, 0.3) is 0 Å². The number of methoxy groups -OCH3 is 1. The molecule has 1 unspecified atom stereocenters. The Kier molecular flexibility index (Phi) is 5.37. The number of nitrogens with zero attached hydrogens (tertiary/aromatic N) is 2. The van der Waals surface area contributed by atoms with E-state index in [9.17, 15) is 0 Å². The van der Waals surface area contributed by atoms with E-state index in [-0.39, 0.29) is 6.04 Å². The van der Waals surface area contributed by atoms with Crippen LogP contribution in [0, 0.1) is 3.57 Å². The predicted octanol–water partition coefficient (Wildman–Crippen LogP) is 2.94. The van der Waals surface area contributed by atoms with Gasteiger partial charge in [-0.1, -0.05) is 18.2 Å². The van der Waals surface area contributed by atoms with E-state index in [1.165, 1.54) is 0 Å². The number of aromatic nitrogens is 2. The summed E-state index contributed by atoms with van der Waals surface area (Å²) in [6.45, 7) is 1.30. The first-order valence-electron chi connectivity index (χ1n) is 5.85. The van der Waals surface area contributed by atoms with Gasteiger partial charge in [-0.25, -0.2) is 0 Å². The maximum absolute atomic E-state index is 6.40. The van der Waals surface area contributed by atoms with E-state index in [1.54, 1.807) is 13.3 Å². The molecule has 102 valence electrons. The summed E-state index contributed by atoms with van der Waals surface area (Å²) >= 11 is 5.83. The van der Waals surface area contributed by atoms with Crippen molar-refractivity contribution in [2.75, 3.05) is 13.7 Å². The lowest BCUT2D eigenvalue weighted by molar-refractivity contribution is 0.182. The molecule has 0 saturated carbocycles. The number of nitrogens with two attached hydrogens (primary N) is 1. The molecular formula is C13H15BrIN3O. The van der Waals surface area contributed by atoms with Gasteiger partial charge in [-0.2, -0.15) is 5.10 Å². The second-order valence-electron chi connectivity index (χ2n) is 4.09. The van der Waals surface area contributed by atoms with Crippen molar-refractivity contribution in [3.63, 3.8) is 0 Å². The maximum atomic E-state index is 6.40. The second kappa shape index (κ2) is 6.83. The minimum atomic E-state index is -0.207. The van der Waals surface area contributed by atoms with Crippen molar-refractivity contribution in [3.8, 4) is 0 Å². The molecule has 0 fully saturated rings. The molecule has 0 spiro atoms. The molecule has 1 atom stereocenters. The predicted molar refractivity (Wildman–Crippen MR) is 87.0 cm³/mol. The molecule has 6 heteroatoms. The summed E-state index contributed by atoms with van der Waals surface area (Å²) in [4.78, 5) is 0. The molecule has 2 N–H and O–H groups in total. The van der Waals surface area contributed by atoms with Gasteiger partial charge in [-0.05, 0) is 50.2 Å². The quantitative estimate of drug-likeness (QED) is 0.734. The third kappa shape index (κ3) is 3.36. The van der Waals surface area contributed by atoms with Crippen LogP contribution in [0.3, 0.4) is 0 Å². The van der Waals surface area contributed by atoms with Crippen LogP contribution in [0.4, 0.5) is 0 Å². The number of hydrogen-bond donors (Lipinski definition) is 1. The summed E-state index contributed by atoms with van der Waals surface area (Å²) < 4.78 is 9.07. The largest absolute Gasteiger partial charge is 0.383 e. The van der Waals surface area contributed by atoms with Gasteiger partial charge in [0.05, 0.1) is 35.6 Å². The number of rotatable bonds is 5. The summed E-state index contributed by atoms with van der Waals surface area (Å²) in [5, 5.41) is 4.34. The van der Waals surface area contributed by atoms with Gasteiger partial charge in [0.15, 0.2) is 0 Å². The summed E-state index contributed by atoms with van der Waals surface area (Å²) in [7, 11) is 1.68. The average Bonchev–Trinajstić information content (AvgIpc) is 2.77. The van der Waals surface area contributed by atoms with Crippen LogP contribution in [0.25, 0.3) is 0 Å². The molecule has 4 nitrogen and oxygen atoms in total. The summed E-state index contributed by atoms with van der Waals surface area (Å²) in [6.07, 6.45) is 1.78. The number of benzene rings is 1. The first-order valence-corrected chi connectivity index (χ1v) is 7.72. The monoisotopic (exact) mass is 435 g/mol. The molecule has 2 aromatic rings. The zero-order valence-corrected chi connectivity index (χ0v) is 14.3. The fraction of sp³-hybridized carbons (Fsp3) is 0.308. The Balaban J connectivity index is 2.35. The molecule has 0 saturated heterocycles. The zero-order chi connectivity index (χ0) is 13.8. The van der Waals surface area contributed by atoms with Crippen LogP contribution < -0.4 is 5.73 Å². The molecule has 0 amide bonds. The molecule has 1 aromatic heterocycles. The highest BCUT2D eigenvalue weighted by Crippen LogP contribution is 2.29. The van der Waals surface area contributed by atoms with E-state index < -0.39 is 0 Å². The van der Waals surface area contributed by atoms with Crippen LogP contribution in [0.2, 0.25) is 0 Å². The highest BCUT2D eigenvalue weighted by Gasteiger charge is 2.19. The molecule has 0 aliphatic heterocycles. The third-order valence-corrected chi connectivity index (χ3v) is 4.47. The van der Waals surface area contributed by atoms with Gasteiger partial charge in [0.2, 0.25) is 0 Å². The minimum Gasteiger partial charge on any atom is -0.383 e. The van der Waals surface area contributed by atoms with E-state index in [0.29, 0.717) is 13.2 Å². The highest BCUT2D eigenvalue weighted by atomic mass is 127. The fourth-order valence-electron chi connectivity index (χ4n) is 1.91. The Morgan fingerprint density at radius 3 is 2.89 bits per heavy atom. The van der Waals surface area contributed by atoms with Crippen molar-refractivity contribution >= 4 is 38.5 Å². The van der Waals surface area contributed by atoms with E-state index in [0.717, 1.165) is 19.3 Å². The number of hydrogen-bond acceptors (Lipinski definition) is 3. The normalized spacial score (nSPS) is 12.6. The van der Waals surface area contributed by atoms with E-state index in [4.69, 9.17) is 10.5 Å². The van der Waals surface area contributed by atoms with E-state index >= 15 is 0 Å². The van der Waals surface area contributed by atoms with Crippen LogP contribution in [0.5, 0.6) is 0 Å². The van der Waals surface area contributed by atoms with Crippen LogP contribution in [-0.4, -0.2) is 23.5 Å². The summed E-state index contributed by atoms with van der Waals surface area (Å²) in [6, 6.07) is 7.91. The Labute approximate surface area is 134 Å². The summed E-state index contributed by atoms with van der Waals surface area (Å²) in [5.74, 6) is 0. The number of halogens is 2. The first kappa shape index (κ1) is 15.0. The topological polar surface area (TPSA) is 53.1 Å². The Hall–Kier alpha value is -0.440. The minimum absolute atomic E-state index is 0.207. The molecule has 2 rings (SSSR count). The van der Waals surface area contributed by atoms with Crippen molar-refractivity contribution in [1.82, 2.24) is 9.78 Å². The molecule has 0 aliphatic carbocycles. The lowest BCUT2D eigenvalue weighted by Crippen LogP contribution is -2.20. The maximum Gasteiger partial charge on any atom is 0.0745 e. The molecule has 0 radical (unpaired) electrons.